The molecule has 1 aromatic heterocycles. The van der Waals surface area contributed by atoms with Crippen molar-refractivity contribution < 1.29 is 8.91 Å². The Balaban J connectivity index is 2.57. The third-order valence-electron chi connectivity index (χ3n) is 1.58. The van der Waals surface area contributed by atoms with Crippen LogP contribution in [0, 0.1) is 5.82 Å². The van der Waals surface area contributed by atoms with Gasteiger partial charge in [-0.05, 0) is 49.1 Å². The first-order chi connectivity index (χ1) is 6.68. The van der Waals surface area contributed by atoms with Gasteiger partial charge in [0.2, 0.25) is 4.73 Å². The molecule has 1 heterocycles. The van der Waals surface area contributed by atoms with Gasteiger partial charge in [-0.3, -0.25) is 0 Å². The number of hydrogen-bond acceptors (Lipinski definition) is 3. The molecular weight excluding hydrogens is 319 g/mol. The van der Waals surface area contributed by atoms with E-state index in [1.807, 2.05) is 0 Å². The summed E-state index contributed by atoms with van der Waals surface area (Å²) < 4.78 is 19.0. The summed E-state index contributed by atoms with van der Waals surface area (Å²) in [6, 6.07) is 4.87. The van der Waals surface area contributed by atoms with Crippen LogP contribution in [0.1, 0.15) is 0 Å². The Labute approximate surface area is 95.6 Å². The van der Waals surface area contributed by atoms with Crippen LogP contribution >= 0.6 is 31.9 Å². The molecule has 2 aromatic rings. The lowest BCUT2D eigenvalue weighted by Gasteiger charge is -1.97. The zero-order chi connectivity index (χ0) is 10.1. The average molecular weight is 322 g/mol. The van der Waals surface area contributed by atoms with Gasteiger partial charge >= 0.3 is 0 Å². The van der Waals surface area contributed by atoms with Crippen molar-refractivity contribution in [3.63, 3.8) is 0 Å². The first-order valence-corrected chi connectivity index (χ1v) is 5.20. The SMILES string of the molecule is Fc1c(Br)cccc1-c1nc(Br)no1. The van der Waals surface area contributed by atoms with Crippen molar-refractivity contribution in [1.82, 2.24) is 10.1 Å². The molecule has 6 heteroatoms. The quantitative estimate of drug-likeness (QED) is 0.808. The highest BCUT2D eigenvalue weighted by molar-refractivity contribution is 9.10. The smallest absolute Gasteiger partial charge is 0.261 e. The van der Waals surface area contributed by atoms with Gasteiger partial charge in [-0.25, -0.2) is 4.39 Å². The van der Waals surface area contributed by atoms with Crippen LogP contribution in [0.25, 0.3) is 11.5 Å². The molecule has 0 aliphatic rings. The van der Waals surface area contributed by atoms with E-state index < -0.39 is 5.82 Å². The minimum atomic E-state index is -0.413. The predicted molar refractivity (Wildman–Crippen MR) is 55.1 cm³/mol. The largest absolute Gasteiger partial charge is 0.333 e. The van der Waals surface area contributed by atoms with Crippen LogP contribution in [0.3, 0.4) is 0 Å². The van der Waals surface area contributed by atoms with Crippen molar-refractivity contribution in [3.8, 4) is 11.5 Å². The first-order valence-electron chi connectivity index (χ1n) is 3.62. The Hall–Kier alpha value is -0.750. The molecule has 14 heavy (non-hydrogen) atoms. The molecule has 0 N–H and O–H groups in total. The van der Waals surface area contributed by atoms with E-state index in [1.165, 1.54) is 0 Å². The maximum absolute atomic E-state index is 13.5. The Bertz CT molecular complexity index is 472. The van der Waals surface area contributed by atoms with E-state index in [2.05, 4.69) is 42.0 Å². The minimum Gasteiger partial charge on any atom is -0.333 e. The fraction of sp³-hybridized carbons (Fsp3) is 0. The molecule has 3 nitrogen and oxygen atoms in total. The second-order valence-electron chi connectivity index (χ2n) is 2.47. The standard InChI is InChI=1S/C8H3Br2FN2O/c9-5-3-1-2-4(6(5)11)7-12-8(10)13-14-7/h1-3H. The van der Waals surface area contributed by atoms with Crippen molar-refractivity contribution >= 4 is 31.9 Å². The molecule has 0 bridgehead atoms. The van der Waals surface area contributed by atoms with Crippen LogP contribution in [0.4, 0.5) is 4.39 Å². The Morgan fingerprint density at radius 1 is 1.29 bits per heavy atom. The minimum absolute atomic E-state index is 0.149. The number of halogens is 3. The van der Waals surface area contributed by atoms with Gasteiger partial charge in [0.25, 0.3) is 5.89 Å². The third kappa shape index (κ3) is 1.72. The lowest BCUT2D eigenvalue weighted by atomic mass is 10.2. The number of hydrogen-bond donors (Lipinski definition) is 0. The van der Waals surface area contributed by atoms with Gasteiger partial charge in [0.1, 0.15) is 5.82 Å². The summed E-state index contributed by atoms with van der Waals surface area (Å²) in [5.74, 6) is -0.265. The molecule has 0 unspecified atom stereocenters. The summed E-state index contributed by atoms with van der Waals surface area (Å²) in [7, 11) is 0. The summed E-state index contributed by atoms with van der Waals surface area (Å²) in [6.07, 6.45) is 0. The van der Waals surface area contributed by atoms with Gasteiger partial charge in [0.05, 0.1) is 10.0 Å². The molecule has 0 radical (unpaired) electrons. The number of benzene rings is 1. The van der Waals surface area contributed by atoms with Crippen LogP contribution in [-0.4, -0.2) is 10.1 Å². The molecule has 72 valence electrons. The third-order valence-corrected chi connectivity index (χ3v) is 2.52. The second kappa shape index (κ2) is 3.78. The van der Waals surface area contributed by atoms with Gasteiger partial charge in [-0.15, -0.1) is 0 Å². The highest BCUT2D eigenvalue weighted by atomic mass is 79.9. The molecule has 0 amide bonds. The molecular formula is C8H3Br2FN2O. The van der Waals surface area contributed by atoms with Crippen LogP contribution in [0.2, 0.25) is 0 Å². The van der Waals surface area contributed by atoms with Crippen LogP contribution in [-0.2, 0) is 0 Å². The molecule has 0 saturated carbocycles. The van der Waals surface area contributed by atoms with Crippen molar-refractivity contribution in [3.05, 3.63) is 33.2 Å². The van der Waals surface area contributed by atoms with E-state index in [0.717, 1.165) is 0 Å². The van der Waals surface area contributed by atoms with Crippen molar-refractivity contribution in [1.29, 1.82) is 0 Å². The van der Waals surface area contributed by atoms with E-state index >= 15 is 0 Å². The zero-order valence-electron chi connectivity index (χ0n) is 6.67. The van der Waals surface area contributed by atoms with Crippen LogP contribution in [0.15, 0.2) is 31.9 Å². The van der Waals surface area contributed by atoms with E-state index in [1.54, 1.807) is 18.2 Å². The number of nitrogens with zero attached hydrogens (tertiary/aromatic N) is 2. The highest BCUT2D eigenvalue weighted by Gasteiger charge is 2.13. The molecule has 0 spiro atoms. The van der Waals surface area contributed by atoms with Crippen molar-refractivity contribution in [2.24, 2.45) is 0 Å². The summed E-state index contributed by atoms with van der Waals surface area (Å²) in [4.78, 5) is 3.86. The Morgan fingerprint density at radius 3 is 2.71 bits per heavy atom. The predicted octanol–water partition coefficient (Wildman–Crippen LogP) is 3.40. The maximum Gasteiger partial charge on any atom is 0.261 e. The molecule has 0 aliphatic heterocycles. The van der Waals surface area contributed by atoms with Gasteiger partial charge in [0.15, 0.2) is 0 Å². The Morgan fingerprint density at radius 2 is 2.07 bits per heavy atom. The molecule has 0 atom stereocenters. The van der Waals surface area contributed by atoms with Crippen molar-refractivity contribution in [2.45, 2.75) is 0 Å². The van der Waals surface area contributed by atoms with E-state index in [0.29, 0.717) is 9.21 Å². The van der Waals surface area contributed by atoms with Crippen molar-refractivity contribution in [2.75, 3.05) is 0 Å². The summed E-state index contributed by atoms with van der Waals surface area (Å²) in [5, 5.41) is 3.51. The lowest BCUT2D eigenvalue weighted by Crippen LogP contribution is -1.85. The van der Waals surface area contributed by atoms with Gasteiger partial charge in [-0.2, -0.15) is 4.98 Å². The zero-order valence-corrected chi connectivity index (χ0v) is 9.84. The number of aromatic nitrogens is 2. The second-order valence-corrected chi connectivity index (χ2v) is 4.03. The van der Waals surface area contributed by atoms with Crippen LogP contribution in [0.5, 0.6) is 0 Å². The first kappa shape index (κ1) is 9.79. The van der Waals surface area contributed by atoms with Crippen LogP contribution < -0.4 is 0 Å². The molecule has 0 aliphatic carbocycles. The fourth-order valence-corrected chi connectivity index (χ4v) is 1.58. The summed E-state index contributed by atoms with van der Waals surface area (Å²) in [6.45, 7) is 0. The fourth-order valence-electron chi connectivity index (χ4n) is 0.984. The normalized spacial score (nSPS) is 10.5. The summed E-state index contributed by atoms with van der Waals surface area (Å²) in [5.41, 5.74) is 0.276. The lowest BCUT2D eigenvalue weighted by molar-refractivity contribution is 0.424. The molecule has 2 rings (SSSR count). The molecule has 1 aromatic carbocycles. The number of rotatable bonds is 1. The molecule has 0 fully saturated rings. The van der Waals surface area contributed by atoms with Gasteiger partial charge in [0, 0.05) is 0 Å². The van der Waals surface area contributed by atoms with E-state index in [9.17, 15) is 4.39 Å². The highest BCUT2D eigenvalue weighted by Crippen LogP contribution is 2.26. The Kier molecular flexibility index (Phi) is 2.64. The maximum atomic E-state index is 13.5. The average Bonchev–Trinajstić information content (AvgIpc) is 2.57. The molecule has 0 saturated heterocycles. The monoisotopic (exact) mass is 320 g/mol. The summed E-state index contributed by atoms with van der Waals surface area (Å²) >= 11 is 6.10. The topological polar surface area (TPSA) is 38.9 Å². The van der Waals surface area contributed by atoms with E-state index in [4.69, 9.17) is 4.52 Å². The van der Waals surface area contributed by atoms with E-state index in [-0.39, 0.29) is 11.5 Å². The van der Waals surface area contributed by atoms with Gasteiger partial charge in [-0.1, -0.05) is 6.07 Å². The van der Waals surface area contributed by atoms with Gasteiger partial charge < -0.3 is 4.52 Å².